The van der Waals surface area contributed by atoms with Crippen LogP contribution in [0.3, 0.4) is 0 Å². The number of rotatable bonds is 6. The van der Waals surface area contributed by atoms with Crippen molar-refractivity contribution < 1.29 is 21.6 Å². The number of aromatic nitrogens is 3. The fourth-order valence-corrected chi connectivity index (χ4v) is 4.63. The van der Waals surface area contributed by atoms with Gasteiger partial charge in [-0.05, 0) is 44.7 Å². The third-order valence-electron chi connectivity index (χ3n) is 5.44. The second-order valence-corrected chi connectivity index (χ2v) is 9.75. The van der Waals surface area contributed by atoms with Crippen LogP contribution in [0, 0.1) is 24.2 Å². The van der Waals surface area contributed by atoms with E-state index in [1.54, 1.807) is 4.72 Å². The summed E-state index contributed by atoms with van der Waals surface area (Å²) in [5.41, 5.74) is 2.69. The number of nitrogens with one attached hydrogen (secondary N) is 1. The van der Waals surface area contributed by atoms with Crippen molar-refractivity contribution in [2.45, 2.75) is 50.3 Å². The Labute approximate surface area is 183 Å². The van der Waals surface area contributed by atoms with Crippen molar-refractivity contribution in [2.75, 3.05) is 0 Å². The van der Waals surface area contributed by atoms with Gasteiger partial charge in [-0.1, -0.05) is 11.6 Å². The molecule has 168 valence electrons. The minimum atomic E-state index is -4.72. The molecule has 1 aliphatic carbocycles. The largest absolute Gasteiger partial charge is 0.404 e. The van der Waals surface area contributed by atoms with Gasteiger partial charge in [0.1, 0.15) is 22.7 Å². The van der Waals surface area contributed by atoms with Crippen LogP contribution in [0.15, 0.2) is 35.5 Å². The van der Waals surface area contributed by atoms with E-state index in [0.29, 0.717) is 30.6 Å². The lowest BCUT2D eigenvalue weighted by atomic mass is 10.1. The predicted octanol–water partition coefficient (Wildman–Crippen LogP) is 3.92. The first-order chi connectivity index (χ1) is 15.0. The van der Waals surface area contributed by atoms with Crippen LogP contribution in [0.2, 0.25) is 0 Å². The number of nitrogens with zero attached hydrogens (tertiary/aromatic N) is 4. The van der Waals surface area contributed by atoms with E-state index in [1.165, 1.54) is 0 Å². The fraction of sp³-hybridized carbons (Fsp3) is 0.381. The number of fused-ring (bicyclic) bond motifs is 1. The Morgan fingerprint density at radius 1 is 1.28 bits per heavy atom. The molecule has 1 aliphatic rings. The molecule has 0 saturated heterocycles. The van der Waals surface area contributed by atoms with E-state index in [4.69, 9.17) is 0 Å². The average Bonchev–Trinajstić information content (AvgIpc) is 3.48. The summed E-state index contributed by atoms with van der Waals surface area (Å²) in [5.74, 6) is 0.615. The molecule has 0 bridgehead atoms. The Morgan fingerprint density at radius 2 is 1.94 bits per heavy atom. The summed E-state index contributed by atoms with van der Waals surface area (Å²) in [5, 5.41) is 10.6. The summed E-state index contributed by atoms with van der Waals surface area (Å²) >= 11 is 0. The minimum Gasteiger partial charge on any atom is -0.336 e. The number of halogens is 3. The van der Waals surface area contributed by atoms with Gasteiger partial charge in [0.15, 0.2) is 5.82 Å². The molecule has 2 heterocycles. The molecule has 1 N–H and O–H groups in total. The first-order valence-corrected chi connectivity index (χ1v) is 11.4. The zero-order valence-corrected chi connectivity index (χ0v) is 18.1. The SMILES string of the molecule is Cc1ccc2c(c1)c(C#N)c(-c1ncc(S(=O)(=O)NC(C)C(F)(F)F)cn1)n2CC1CC1. The van der Waals surface area contributed by atoms with E-state index >= 15 is 0 Å². The molecule has 2 aromatic heterocycles. The second-order valence-electron chi connectivity index (χ2n) is 8.04. The van der Waals surface area contributed by atoms with Crippen molar-refractivity contribution in [1.29, 1.82) is 5.26 Å². The Bertz CT molecular complexity index is 1320. The van der Waals surface area contributed by atoms with Crippen LogP contribution in [-0.4, -0.2) is 35.2 Å². The molecule has 1 saturated carbocycles. The lowest BCUT2D eigenvalue weighted by Gasteiger charge is -2.17. The summed E-state index contributed by atoms with van der Waals surface area (Å²) in [7, 11) is -4.47. The lowest BCUT2D eigenvalue weighted by molar-refractivity contribution is -0.147. The third kappa shape index (κ3) is 4.20. The predicted molar refractivity (Wildman–Crippen MR) is 111 cm³/mol. The van der Waals surface area contributed by atoms with Gasteiger partial charge in [-0.2, -0.15) is 23.2 Å². The molecular weight excluding hydrogens is 443 g/mol. The maximum absolute atomic E-state index is 12.8. The number of alkyl halides is 3. The van der Waals surface area contributed by atoms with Crippen molar-refractivity contribution >= 4 is 20.9 Å². The molecule has 3 aromatic rings. The monoisotopic (exact) mass is 463 g/mol. The zero-order valence-electron chi connectivity index (χ0n) is 17.3. The molecular formula is C21H20F3N5O2S. The van der Waals surface area contributed by atoms with E-state index in [2.05, 4.69) is 16.0 Å². The van der Waals surface area contributed by atoms with Crippen LogP contribution < -0.4 is 4.72 Å². The summed E-state index contributed by atoms with van der Waals surface area (Å²) in [6.45, 7) is 3.30. The van der Waals surface area contributed by atoms with Gasteiger partial charge < -0.3 is 4.57 Å². The van der Waals surface area contributed by atoms with Crippen molar-refractivity contribution in [3.63, 3.8) is 0 Å². The third-order valence-corrected chi connectivity index (χ3v) is 6.94. The van der Waals surface area contributed by atoms with Crippen LogP contribution in [-0.2, 0) is 16.6 Å². The summed E-state index contributed by atoms with van der Waals surface area (Å²) < 4.78 is 66.4. The molecule has 1 fully saturated rings. The van der Waals surface area contributed by atoms with Crippen molar-refractivity contribution in [1.82, 2.24) is 19.3 Å². The first kappa shape index (κ1) is 22.2. The van der Waals surface area contributed by atoms with Gasteiger partial charge in [0.2, 0.25) is 10.0 Å². The van der Waals surface area contributed by atoms with Crippen LogP contribution in [0.5, 0.6) is 0 Å². The van der Waals surface area contributed by atoms with Gasteiger partial charge in [-0.15, -0.1) is 0 Å². The van der Waals surface area contributed by atoms with Gasteiger partial charge in [0, 0.05) is 17.4 Å². The number of hydrogen-bond acceptors (Lipinski definition) is 5. The normalized spacial score (nSPS) is 15.6. The van der Waals surface area contributed by atoms with E-state index < -0.39 is 27.1 Å². The molecule has 0 aliphatic heterocycles. The van der Waals surface area contributed by atoms with Gasteiger partial charge in [-0.3, -0.25) is 0 Å². The molecule has 0 radical (unpaired) electrons. The van der Waals surface area contributed by atoms with Gasteiger partial charge in [0.05, 0.1) is 18.0 Å². The number of benzene rings is 1. The summed E-state index contributed by atoms with van der Waals surface area (Å²) in [6.07, 6.45) is -0.655. The lowest BCUT2D eigenvalue weighted by Crippen LogP contribution is -2.43. The Morgan fingerprint density at radius 3 is 2.50 bits per heavy atom. The molecule has 0 spiro atoms. The Kier molecular flexibility index (Phi) is 5.46. The highest BCUT2D eigenvalue weighted by Gasteiger charge is 2.39. The van der Waals surface area contributed by atoms with Gasteiger partial charge >= 0.3 is 6.18 Å². The smallest absolute Gasteiger partial charge is 0.336 e. The number of hydrogen-bond donors (Lipinski definition) is 1. The molecule has 1 aromatic carbocycles. The van der Waals surface area contributed by atoms with Crippen molar-refractivity contribution in [3.05, 3.63) is 41.7 Å². The van der Waals surface area contributed by atoms with Crippen LogP contribution >= 0.6 is 0 Å². The molecule has 0 amide bonds. The average molecular weight is 463 g/mol. The van der Waals surface area contributed by atoms with E-state index in [1.807, 2.05) is 29.7 Å². The quantitative estimate of drug-likeness (QED) is 0.597. The highest BCUT2D eigenvalue weighted by atomic mass is 32.2. The van der Waals surface area contributed by atoms with E-state index in [0.717, 1.165) is 41.7 Å². The summed E-state index contributed by atoms with van der Waals surface area (Å²) in [4.78, 5) is 7.74. The van der Waals surface area contributed by atoms with Gasteiger partial charge in [-0.25, -0.2) is 18.4 Å². The first-order valence-electron chi connectivity index (χ1n) is 9.95. The maximum Gasteiger partial charge on any atom is 0.404 e. The van der Waals surface area contributed by atoms with E-state index in [9.17, 15) is 26.9 Å². The zero-order chi connectivity index (χ0) is 23.3. The minimum absolute atomic E-state index is 0.138. The van der Waals surface area contributed by atoms with E-state index in [-0.39, 0.29) is 5.82 Å². The van der Waals surface area contributed by atoms with Crippen LogP contribution in [0.25, 0.3) is 22.4 Å². The van der Waals surface area contributed by atoms with Crippen LogP contribution in [0.4, 0.5) is 13.2 Å². The topological polar surface area (TPSA) is 101 Å². The van der Waals surface area contributed by atoms with Crippen LogP contribution in [0.1, 0.15) is 30.9 Å². The van der Waals surface area contributed by atoms with Gasteiger partial charge in [0.25, 0.3) is 0 Å². The Hall–Kier alpha value is -2.97. The van der Waals surface area contributed by atoms with Crippen molar-refractivity contribution in [2.24, 2.45) is 5.92 Å². The molecule has 7 nitrogen and oxygen atoms in total. The fourth-order valence-electron chi connectivity index (χ4n) is 3.51. The molecule has 1 atom stereocenters. The summed E-state index contributed by atoms with van der Waals surface area (Å²) in [6, 6.07) is 5.73. The maximum atomic E-state index is 12.8. The number of sulfonamides is 1. The molecule has 4 rings (SSSR count). The highest BCUT2D eigenvalue weighted by molar-refractivity contribution is 7.89. The highest BCUT2D eigenvalue weighted by Crippen LogP contribution is 2.38. The second kappa shape index (κ2) is 7.86. The number of nitriles is 1. The molecule has 11 heteroatoms. The number of aryl methyl sites for hydroxylation is 1. The van der Waals surface area contributed by atoms with Crippen molar-refractivity contribution in [3.8, 4) is 17.6 Å². The Balaban J connectivity index is 1.77. The molecule has 32 heavy (non-hydrogen) atoms. The standard InChI is InChI=1S/C21H20F3N5O2S/c1-12-3-6-18-16(7-12)17(8-25)19(29(18)11-14-4-5-14)20-26-9-15(10-27-20)32(30,31)28-13(2)21(22,23)24/h3,6-7,9-10,13-14,28H,4-5,11H2,1-2H3. The molecule has 1 unspecified atom stereocenters.